The number of aryl methyl sites for hydroxylation is 1. The lowest BCUT2D eigenvalue weighted by molar-refractivity contribution is 0.0596. The van der Waals surface area contributed by atoms with E-state index in [2.05, 4.69) is 5.32 Å². The maximum Gasteiger partial charge on any atom is 0.341 e. The van der Waals surface area contributed by atoms with E-state index in [1.165, 1.54) is 7.11 Å². The van der Waals surface area contributed by atoms with Crippen molar-refractivity contribution in [3.8, 4) is 5.75 Å². The van der Waals surface area contributed by atoms with Gasteiger partial charge in [-0.1, -0.05) is 11.6 Å². The van der Waals surface area contributed by atoms with Gasteiger partial charge in [-0.2, -0.15) is 0 Å². The molecule has 0 aliphatic carbocycles. The summed E-state index contributed by atoms with van der Waals surface area (Å²) in [5.41, 5.74) is 1.49. The molecule has 17 heavy (non-hydrogen) atoms. The van der Waals surface area contributed by atoms with Gasteiger partial charge in [-0.15, -0.1) is 0 Å². The van der Waals surface area contributed by atoms with Gasteiger partial charge in [0.15, 0.2) is 0 Å². The van der Waals surface area contributed by atoms with Crippen LogP contribution in [-0.2, 0) is 4.74 Å². The van der Waals surface area contributed by atoms with Crippen LogP contribution in [0.2, 0.25) is 0 Å². The molecule has 0 spiro atoms. The lowest BCUT2D eigenvalue weighted by atomic mass is 10.1. The van der Waals surface area contributed by atoms with Gasteiger partial charge in [0.25, 0.3) is 0 Å². The molecule has 94 valence electrons. The Morgan fingerprint density at radius 2 is 2.18 bits per heavy atom. The Bertz CT molecular complexity index is 377. The topological polar surface area (TPSA) is 47.6 Å². The van der Waals surface area contributed by atoms with Gasteiger partial charge < -0.3 is 14.8 Å². The third-order valence-electron chi connectivity index (χ3n) is 2.37. The highest BCUT2D eigenvalue weighted by Crippen LogP contribution is 2.21. The first-order valence-electron chi connectivity index (χ1n) is 5.65. The standard InChI is InChI=1S/C13H19NO3/c1-10-5-6-12(17-8-4-7-14-2)11(9-10)13(15)16-3/h5-6,9,14H,4,7-8H2,1-3H3. The second-order valence-corrected chi connectivity index (χ2v) is 3.80. The molecule has 0 unspecified atom stereocenters. The van der Waals surface area contributed by atoms with Crippen LogP contribution in [0.25, 0.3) is 0 Å². The van der Waals surface area contributed by atoms with Crippen molar-refractivity contribution in [1.82, 2.24) is 5.32 Å². The molecular formula is C13H19NO3. The summed E-state index contributed by atoms with van der Waals surface area (Å²) in [7, 11) is 3.27. The third kappa shape index (κ3) is 4.07. The molecule has 0 saturated heterocycles. The number of carbonyl (C=O) groups excluding carboxylic acids is 1. The Labute approximate surface area is 102 Å². The summed E-state index contributed by atoms with van der Waals surface area (Å²) in [6.45, 7) is 3.39. The molecule has 0 saturated carbocycles. The number of benzene rings is 1. The molecule has 1 N–H and O–H groups in total. The minimum Gasteiger partial charge on any atom is -0.493 e. The molecule has 1 aromatic rings. The van der Waals surface area contributed by atoms with E-state index < -0.39 is 0 Å². The normalized spacial score (nSPS) is 10.1. The molecule has 0 amide bonds. The summed E-state index contributed by atoms with van der Waals surface area (Å²) in [4.78, 5) is 11.6. The number of nitrogens with one attached hydrogen (secondary N) is 1. The van der Waals surface area contributed by atoms with Gasteiger partial charge in [-0.3, -0.25) is 0 Å². The molecule has 4 nitrogen and oxygen atoms in total. The van der Waals surface area contributed by atoms with Crippen molar-refractivity contribution < 1.29 is 14.3 Å². The van der Waals surface area contributed by atoms with Gasteiger partial charge >= 0.3 is 5.97 Å². The van der Waals surface area contributed by atoms with Gasteiger partial charge in [-0.05, 0) is 39.1 Å². The van der Waals surface area contributed by atoms with Crippen molar-refractivity contribution in [3.63, 3.8) is 0 Å². The van der Waals surface area contributed by atoms with E-state index in [-0.39, 0.29) is 5.97 Å². The van der Waals surface area contributed by atoms with Crippen molar-refractivity contribution in [1.29, 1.82) is 0 Å². The summed E-state index contributed by atoms with van der Waals surface area (Å²) in [5.74, 6) is 0.218. The molecule has 1 aromatic carbocycles. The first kappa shape index (κ1) is 13.5. The molecule has 0 radical (unpaired) electrons. The molecule has 0 fully saturated rings. The van der Waals surface area contributed by atoms with Gasteiger partial charge in [0.05, 0.1) is 13.7 Å². The number of methoxy groups -OCH3 is 1. The first-order chi connectivity index (χ1) is 8.19. The molecule has 0 aliphatic rings. The van der Waals surface area contributed by atoms with E-state index in [4.69, 9.17) is 9.47 Å². The van der Waals surface area contributed by atoms with Crippen LogP contribution in [0.1, 0.15) is 22.3 Å². The van der Waals surface area contributed by atoms with Crippen molar-refractivity contribution in [2.45, 2.75) is 13.3 Å². The van der Waals surface area contributed by atoms with Crippen molar-refractivity contribution in [3.05, 3.63) is 29.3 Å². The van der Waals surface area contributed by atoms with Crippen LogP contribution in [0.15, 0.2) is 18.2 Å². The zero-order valence-electron chi connectivity index (χ0n) is 10.6. The van der Waals surface area contributed by atoms with Gasteiger partial charge in [-0.25, -0.2) is 4.79 Å². The number of ether oxygens (including phenoxy) is 2. The van der Waals surface area contributed by atoms with Crippen LogP contribution in [0, 0.1) is 6.92 Å². The number of rotatable bonds is 6. The average Bonchev–Trinajstić information content (AvgIpc) is 2.35. The lowest BCUT2D eigenvalue weighted by Crippen LogP contribution is -2.13. The Hall–Kier alpha value is -1.55. The predicted molar refractivity (Wildman–Crippen MR) is 66.6 cm³/mol. The first-order valence-corrected chi connectivity index (χ1v) is 5.65. The quantitative estimate of drug-likeness (QED) is 0.605. The molecule has 0 aromatic heterocycles. The lowest BCUT2D eigenvalue weighted by Gasteiger charge is -2.10. The Balaban J connectivity index is 2.72. The number of carbonyl (C=O) groups is 1. The Morgan fingerprint density at radius 3 is 2.82 bits per heavy atom. The van der Waals surface area contributed by atoms with Gasteiger partial charge in [0, 0.05) is 0 Å². The SMILES string of the molecule is CNCCCOc1ccc(C)cc1C(=O)OC. The van der Waals surface area contributed by atoms with E-state index in [1.807, 2.05) is 20.0 Å². The molecule has 1 rings (SSSR count). The fraction of sp³-hybridized carbons (Fsp3) is 0.462. The van der Waals surface area contributed by atoms with E-state index in [9.17, 15) is 4.79 Å². The van der Waals surface area contributed by atoms with Crippen LogP contribution >= 0.6 is 0 Å². The molecule has 0 atom stereocenters. The van der Waals surface area contributed by atoms with Crippen LogP contribution < -0.4 is 10.1 Å². The van der Waals surface area contributed by atoms with Crippen molar-refractivity contribution in [2.75, 3.05) is 27.3 Å². The maximum absolute atomic E-state index is 11.6. The smallest absolute Gasteiger partial charge is 0.341 e. The van der Waals surface area contributed by atoms with Crippen molar-refractivity contribution in [2.24, 2.45) is 0 Å². The van der Waals surface area contributed by atoms with Crippen LogP contribution in [-0.4, -0.2) is 33.3 Å². The molecule has 0 aliphatic heterocycles. The largest absolute Gasteiger partial charge is 0.493 e. The fourth-order valence-electron chi connectivity index (χ4n) is 1.47. The zero-order valence-corrected chi connectivity index (χ0v) is 10.6. The molecule has 0 heterocycles. The van der Waals surface area contributed by atoms with Crippen LogP contribution in [0.3, 0.4) is 0 Å². The average molecular weight is 237 g/mol. The summed E-state index contributed by atoms with van der Waals surface area (Å²) in [6.07, 6.45) is 0.894. The molecule has 4 heteroatoms. The van der Waals surface area contributed by atoms with Gasteiger partial charge in [0.1, 0.15) is 11.3 Å². The zero-order chi connectivity index (χ0) is 12.7. The van der Waals surface area contributed by atoms with Crippen LogP contribution in [0.4, 0.5) is 0 Å². The summed E-state index contributed by atoms with van der Waals surface area (Å²) in [5, 5.41) is 3.04. The monoisotopic (exact) mass is 237 g/mol. The summed E-state index contributed by atoms with van der Waals surface area (Å²) < 4.78 is 10.3. The second-order valence-electron chi connectivity index (χ2n) is 3.80. The Morgan fingerprint density at radius 1 is 1.41 bits per heavy atom. The van der Waals surface area contributed by atoms with E-state index in [0.29, 0.717) is 17.9 Å². The number of hydrogen-bond acceptors (Lipinski definition) is 4. The highest BCUT2D eigenvalue weighted by molar-refractivity contribution is 5.92. The molecular weight excluding hydrogens is 218 g/mol. The van der Waals surface area contributed by atoms with E-state index >= 15 is 0 Å². The number of hydrogen-bond donors (Lipinski definition) is 1. The van der Waals surface area contributed by atoms with Crippen LogP contribution in [0.5, 0.6) is 5.75 Å². The van der Waals surface area contributed by atoms with E-state index in [1.54, 1.807) is 12.1 Å². The minimum atomic E-state index is -0.364. The fourth-order valence-corrected chi connectivity index (χ4v) is 1.47. The highest BCUT2D eigenvalue weighted by atomic mass is 16.5. The predicted octanol–water partition coefficient (Wildman–Crippen LogP) is 1.77. The number of esters is 1. The van der Waals surface area contributed by atoms with E-state index in [0.717, 1.165) is 18.5 Å². The second kappa shape index (κ2) is 6.91. The third-order valence-corrected chi connectivity index (χ3v) is 2.37. The van der Waals surface area contributed by atoms with Gasteiger partial charge in [0.2, 0.25) is 0 Å². The highest BCUT2D eigenvalue weighted by Gasteiger charge is 2.12. The van der Waals surface area contributed by atoms with Crippen molar-refractivity contribution >= 4 is 5.97 Å². The summed E-state index contributed by atoms with van der Waals surface area (Å²) in [6, 6.07) is 5.50. The minimum absolute atomic E-state index is 0.364. The molecule has 0 bridgehead atoms. The maximum atomic E-state index is 11.6. The summed E-state index contributed by atoms with van der Waals surface area (Å²) >= 11 is 0. The Kier molecular flexibility index (Phi) is 5.49.